The third-order valence-corrected chi connectivity index (χ3v) is 6.00. The van der Waals surface area contributed by atoms with Gasteiger partial charge in [0, 0.05) is 17.5 Å². The van der Waals surface area contributed by atoms with E-state index in [0.29, 0.717) is 6.54 Å². The van der Waals surface area contributed by atoms with Crippen LogP contribution in [0.1, 0.15) is 17.7 Å². The number of nitrogens with zero attached hydrogens (tertiary/aromatic N) is 1. The standard InChI is InChI=1S/C14H14FNO2S2/c15-11-3-1-5-14(9-11)20(17,18)16(12-6-7-12)10-13-4-2-8-19-13/h1-5,8-9,12H,6-7,10H2. The van der Waals surface area contributed by atoms with Crippen LogP contribution in [0.5, 0.6) is 0 Å². The number of thiophene rings is 1. The van der Waals surface area contributed by atoms with Crippen molar-refractivity contribution >= 4 is 21.4 Å². The molecule has 0 unspecified atom stereocenters. The molecule has 106 valence electrons. The van der Waals surface area contributed by atoms with Gasteiger partial charge in [0.1, 0.15) is 5.82 Å². The van der Waals surface area contributed by atoms with Crippen molar-refractivity contribution in [3.8, 4) is 0 Å². The van der Waals surface area contributed by atoms with Crippen molar-refractivity contribution in [2.45, 2.75) is 30.3 Å². The summed E-state index contributed by atoms with van der Waals surface area (Å²) in [5.41, 5.74) is 0. The van der Waals surface area contributed by atoms with Gasteiger partial charge in [-0.2, -0.15) is 4.31 Å². The first-order valence-electron chi connectivity index (χ1n) is 6.37. The summed E-state index contributed by atoms with van der Waals surface area (Å²) >= 11 is 1.53. The Morgan fingerprint density at radius 2 is 2.05 bits per heavy atom. The fourth-order valence-corrected chi connectivity index (χ4v) is 4.57. The average Bonchev–Trinajstić information content (AvgIpc) is 3.12. The molecular weight excluding hydrogens is 297 g/mol. The first-order valence-corrected chi connectivity index (χ1v) is 8.69. The maximum absolute atomic E-state index is 13.3. The van der Waals surface area contributed by atoms with Crippen LogP contribution in [0, 0.1) is 5.82 Å². The highest BCUT2D eigenvalue weighted by atomic mass is 32.2. The van der Waals surface area contributed by atoms with Crippen LogP contribution in [0.25, 0.3) is 0 Å². The first kappa shape index (κ1) is 13.7. The minimum Gasteiger partial charge on any atom is -0.207 e. The summed E-state index contributed by atoms with van der Waals surface area (Å²) in [6, 6.07) is 9.07. The second-order valence-corrected chi connectivity index (χ2v) is 7.74. The molecule has 1 aromatic heterocycles. The molecule has 3 rings (SSSR count). The molecule has 1 heterocycles. The summed E-state index contributed by atoms with van der Waals surface area (Å²) in [6.45, 7) is 0.362. The third-order valence-electron chi connectivity index (χ3n) is 3.25. The van der Waals surface area contributed by atoms with Crippen LogP contribution in [0.4, 0.5) is 4.39 Å². The van der Waals surface area contributed by atoms with Crippen LogP contribution < -0.4 is 0 Å². The number of rotatable bonds is 5. The fourth-order valence-electron chi connectivity index (χ4n) is 2.09. The van der Waals surface area contributed by atoms with Gasteiger partial charge in [-0.1, -0.05) is 12.1 Å². The van der Waals surface area contributed by atoms with Crippen molar-refractivity contribution in [1.82, 2.24) is 4.31 Å². The van der Waals surface area contributed by atoms with Crippen LogP contribution in [-0.2, 0) is 16.6 Å². The maximum Gasteiger partial charge on any atom is 0.243 e. The lowest BCUT2D eigenvalue weighted by Gasteiger charge is -2.21. The molecule has 1 aliphatic carbocycles. The van der Waals surface area contributed by atoms with Crippen molar-refractivity contribution in [1.29, 1.82) is 0 Å². The molecule has 0 N–H and O–H groups in total. The lowest BCUT2D eigenvalue weighted by Crippen LogP contribution is -2.32. The van der Waals surface area contributed by atoms with Gasteiger partial charge < -0.3 is 0 Å². The maximum atomic E-state index is 13.3. The summed E-state index contributed by atoms with van der Waals surface area (Å²) in [4.78, 5) is 1.03. The molecule has 20 heavy (non-hydrogen) atoms. The number of hydrogen-bond donors (Lipinski definition) is 0. The Hall–Kier alpha value is -1.24. The lowest BCUT2D eigenvalue weighted by molar-refractivity contribution is 0.401. The normalized spacial score (nSPS) is 15.7. The Morgan fingerprint density at radius 1 is 1.25 bits per heavy atom. The molecule has 6 heteroatoms. The smallest absolute Gasteiger partial charge is 0.207 e. The number of halogens is 1. The summed E-state index contributed by atoms with van der Waals surface area (Å²) in [7, 11) is -3.64. The van der Waals surface area contributed by atoms with Crippen molar-refractivity contribution in [2.24, 2.45) is 0 Å². The Balaban J connectivity index is 1.94. The van der Waals surface area contributed by atoms with Gasteiger partial charge in [-0.25, -0.2) is 12.8 Å². The molecule has 1 aliphatic rings. The second kappa shape index (κ2) is 5.27. The van der Waals surface area contributed by atoms with Gasteiger partial charge in [0.15, 0.2) is 0 Å². The van der Waals surface area contributed by atoms with Gasteiger partial charge in [0.25, 0.3) is 0 Å². The SMILES string of the molecule is O=S(=O)(c1cccc(F)c1)N(Cc1cccs1)C1CC1. The van der Waals surface area contributed by atoms with E-state index in [1.165, 1.54) is 33.8 Å². The van der Waals surface area contributed by atoms with E-state index in [-0.39, 0.29) is 10.9 Å². The zero-order valence-electron chi connectivity index (χ0n) is 10.7. The molecule has 0 bridgehead atoms. The number of benzene rings is 1. The van der Waals surface area contributed by atoms with Crippen LogP contribution in [0.3, 0.4) is 0 Å². The Kier molecular flexibility index (Phi) is 3.62. The third kappa shape index (κ3) is 2.77. The molecule has 1 saturated carbocycles. The Labute approximate surface area is 121 Å². The second-order valence-electron chi connectivity index (χ2n) is 4.82. The highest BCUT2D eigenvalue weighted by Crippen LogP contribution is 2.34. The average molecular weight is 311 g/mol. The van der Waals surface area contributed by atoms with Crippen LogP contribution >= 0.6 is 11.3 Å². The van der Waals surface area contributed by atoms with Crippen LogP contribution in [0.15, 0.2) is 46.7 Å². The van der Waals surface area contributed by atoms with E-state index in [1.807, 2.05) is 17.5 Å². The molecule has 0 amide bonds. The van der Waals surface area contributed by atoms with Crippen molar-refractivity contribution in [2.75, 3.05) is 0 Å². The van der Waals surface area contributed by atoms with E-state index in [0.717, 1.165) is 23.8 Å². The molecule has 0 radical (unpaired) electrons. The van der Waals surface area contributed by atoms with E-state index >= 15 is 0 Å². The summed E-state index contributed by atoms with van der Waals surface area (Å²) < 4.78 is 40.1. The van der Waals surface area contributed by atoms with E-state index in [2.05, 4.69) is 0 Å². The predicted octanol–water partition coefficient (Wildman–Crippen LogP) is 3.24. The quantitative estimate of drug-likeness (QED) is 0.850. The predicted molar refractivity (Wildman–Crippen MR) is 76.5 cm³/mol. The van der Waals surface area contributed by atoms with Crippen molar-refractivity contribution in [3.63, 3.8) is 0 Å². The zero-order chi connectivity index (χ0) is 14.2. The molecule has 2 aromatic rings. The van der Waals surface area contributed by atoms with Gasteiger partial charge in [-0.15, -0.1) is 11.3 Å². The molecule has 0 aliphatic heterocycles. The minimum atomic E-state index is -3.64. The number of hydrogen-bond acceptors (Lipinski definition) is 3. The van der Waals surface area contributed by atoms with Gasteiger partial charge in [-0.3, -0.25) is 0 Å². The topological polar surface area (TPSA) is 37.4 Å². The van der Waals surface area contributed by atoms with E-state index in [1.54, 1.807) is 0 Å². The molecule has 3 nitrogen and oxygen atoms in total. The van der Waals surface area contributed by atoms with Gasteiger partial charge in [0.2, 0.25) is 10.0 Å². The molecule has 0 spiro atoms. The monoisotopic (exact) mass is 311 g/mol. The number of sulfonamides is 1. The summed E-state index contributed by atoms with van der Waals surface area (Å²) in [5.74, 6) is -0.530. The summed E-state index contributed by atoms with van der Waals surface area (Å²) in [6.07, 6.45) is 1.75. The lowest BCUT2D eigenvalue weighted by atomic mass is 10.4. The highest BCUT2D eigenvalue weighted by Gasteiger charge is 2.38. The van der Waals surface area contributed by atoms with E-state index in [4.69, 9.17) is 0 Å². The highest BCUT2D eigenvalue weighted by molar-refractivity contribution is 7.89. The Morgan fingerprint density at radius 3 is 2.65 bits per heavy atom. The van der Waals surface area contributed by atoms with Gasteiger partial charge in [0.05, 0.1) is 4.90 Å². The first-order chi connectivity index (χ1) is 9.57. The van der Waals surface area contributed by atoms with Crippen LogP contribution in [-0.4, -0.2) is 18.8 Å². The summed E-state index contributed by atoms with van der Waals surface area (Å²) in [5, 5.41) is 1.93. The van der Waals surface area contributed by atoms with Gasteiger partial charge >= 0.3 is 0 Å². The molecule has 0 atom stereocenters. The van der Waals surface area contributed by atoms with Gasteiger partial charge in [-0.05, 0) is 42.5 Å². The largest absolute Gasteiger partial charge is 0.243 e. The van der Waals surface area contributed by atoms with E-state index in [9.17, 15) is 12.8 Å². The molecule has 1 fully saturated rings. The van der Waals surface area contributed by atoms with E-state index < -0.39 is 15.8 Å². The van der Waals surface area contributed by atoms with Crippen molar-refractivity contribution < 1.29 is 12.8 Å². The fraction of sp³-hybridized carbons (Fsp3) is 0.286. The molecular formula is C14H14FNO2S2. The Bertz CT molecular complexity index is 694. The van der Waals surface area contributed by atoms with Crippen molar-refractivity contribution in [3.05, 3.63) is 52.5 Å². The molecule has 1 aromatic carbocycles. The molecule has 0 saturated heterocycles. The minimum absolute atomic E-state index is 0.0287. The van der Waals surface area contributed by atoms with Crippen LogP contribution in [0.2, 0.25) is 0 Å². The zero-order valence-corrected chi connectivity index (χ0v) is 12.3.